The van der Waals surface area contributed by atoms with E-state index < -0.39 is 35.8 Å². The van der Waals surface area contributed by atoms with E-state index in [1.54, 1.807) is 0 Å². The molecule has 23 heavy (non-hydrogen) atoms. The lowest BCUT2D eigenvalue weighted by Gasteiger charge is -2.11. The number of amides is 1. The first kappa shape index (κ1) is 16.1. The Kier molecular flexibility index (Phi) is 4.39. The Bertz CT molecular complexity index is 776. The number of carboxylic acid groups (broad SMARTS) is 2. The third-order valence-corrected chi connectivity index (χ3v) is 3.18. The molecule has 0 radical (unpaired) electrons. The molecule has 120 valence electrons. The van der Waals surface area contributed by atoms with Crippen molar-refractivity contribution in [1.29, 1.82) is 0 Å². The van der Waals surface area contributed by atoms with Crippen LogP contribution in [0.3, 0.4) is 0 Å². The van der Waals surface area contributed by atoms with Crippen LogP contribution in [0.15, 0.2) is 18.2 Å². The molecular weight excluding hydrogens is 304 g/mol. The zero-order valence-corrected chi connectivity index (χ0v) is 12.4. The van der Waals surface area contributed by atoms with Gasteiger partial charge in [0.1, 0.15) is 6.54 Å². The maximum Gasteiger partial charge on any atom is 0.359 e. The van der Waals surface area contributed by atoms with Crippen LogP contribution in [0.1, 0.15) is 32.1 Å². The minimum absolute atomic E-state index is 0.463. The normalized spacial score (nSPS) is 10.3. The zero-order chi connectivity index (χ0) is 17.1. The van der Waals surface area contributed by atoms with Gasteiger partial charge in [-0.1, -0.05) is 23.4 Å². The number of anilines is 1. The van der Waals surface area contributed by atoms with Crippen molar-refractivity contribution in [2.75, 3.05) is 5.32 Å². The van der Waals surface area contributed by atoms with Crippen molar-refractivity contribution >= 4 is 23.5 Å². The molecule has 0 spiro atoms. The maximum atomic E-state index is 12.1. The molecule has 9 nitrogen and oxygen atoms in total. The Morgan fingerprint density at radius 3 is 2.26 bits per heavy atom. The molecule has 0 saturated heterocycles. The fourth-order valence-corrected chi connectivity index (χ4v) is 2.11. The lowest BCUT2D eigenvalue weighted by Crippen LogP contribution is -2.23. The number of hydrogen-bond donors (Lipinski definition) is 3. The summed E-state index contributed by atoms with van der Waals surface area (Å²) in [5, 5.41) is 27.3. The number of aromatic nitrogens is 3. The third-order valence-electron chi connectivity index (χ3n) is 3.18. The minimum atomic E-state index is -1.52. The predicted molar refractivity (Wildman–Crippen MR) is 78.5 cm³/mol. The topological polar surface area (TPSA) is 134 Å². The lowest BCUT2D eigenvalue weighted by atomic mass is 10.1. The number of benzene rings is 1. The fraction of sp³-hybridized carbons (Fsp3) is 0.214. The second-order valence-electron chi connectivity index (χ2n) is 4.87. The van der Waals surface area contributed by atoms with Crippen LogP contribution in [-0.4, -0.2) is 43.1 Å². The molecule has 0 unspecified atom stereocenters. The number of carbonyl (C=O) groups is 3. The molecule has 0 aliphatic rings. The number of nitrogens with one attached hydrogen (secondary N) is 1. The summed E-state index contributed by atoms with van der Waals surface area (Å²) >= 11 is 0. The number of nitrogens with zero attached hydrogens (tertiary/aromatic N) is 3. The number of carbonyl (C=O) groups excluding carboxylic acids is 1. The number of rotatable bonds is 5. The first-order chi connectivity index (χ1) is 10.8. The Morgan fingerprint density at radius 1 is 1.13 bits per heavy atom. The monoisotopic (exact) mass is 318 g/mol. The molecule has 0 aliphatic heterocycles. The van der Waals surface area contributed by atoms with Crippen molar-refractivity contribution < 1.29 is 24.6 Å². The zero-order valence-electron chi connectivity index (χ0n) is 12.4. The van der Waals surface area contributed by atoms with Crippen LogP contribution in [0.5, 0.6) is 0 Å². The quantitative estimate of drug-likeness (QED) is 0.746. The van der Waals surface area contributed by atoms with Crippen LogP contribution in [0.25, 0.3) is 0 Å². The van der Waals surface area contributed by atoms with E-state index in [2.05, 4.69) is 15.6 Å². The summed E-state index contributed by atoms with van der Waals surface area (Å²) in [7, 11) is 0. The number of hydrogen-bond acceptors (Lipinski definition) is 5. The highest BCUT2D eigenvalue weighted by Crippen LogP contribution is 2.19. The number of aryl methyl sites for hydroxylation is 2. The minimum Gasteiger partial charge on any atom is -0.476 e. The van der Waals surface area contributed by atoms with E-state index in [1.165, 1.54) is 0 Å². The molecule has 2 aromatic rings. The second-order valence-corrected chi connectivity index (χ2v) is 4.87. The van der Waals surface area contributed by atoms with Crippen molar-refractivity contribution in [3.63, 3.8) is 0 Å². The summed E-state index contributed by atoms with van der Waals surface area (Å²) in [5.41, 5.74) is 0.961. The summed E-state index contributed by atoms with van der Waals surface area (Å²) in [6.07, 6.45) is 0. The molecule has 1 aromatic heterocycles. The smallest absolute Gasteiger partial charge is 0.359 e. The Morgan fingerprint density at radius 2 is 1.74 bits per heavy atom. The average molecular weight is 318 g/mol. The van der Waals surface area contributed by atoms with Gasteiger partial charge in [-0.15, -0.1) is 5.10 Å². The van der Waals surface area contributed by atoms with Gasteiger partial charge in [-0.2, -0.15) is 0 Å². The van der Waals surface area contributed by atoms with Gasteiger partial charge in [-0.05, 0) is 25.0 Å². The maximum absolute atomic E-state index is 12.1. The molecule has 0 aliphatic carbocycles. The summed E-state index contributed by atoms with van der Waals surface area (Å²) in [5.74, 6) is -3.58. The molecule has 0 saturated carbocycles. The predicted octanol–water partition coefficient (Wildman–Crippen LogP) is 0.930. The summed E-state index contributed by atoms with van der Waals surface area (Å²) in [6.45, 7) is 3.18. The SMILES string of the molecule is Cc1cccc(C)c1NC(=O)Cn1nnc(C(=O)O)c1C(=O)O. The molecule has 0 fully saturated rings. The Balaban J connectivity index is 2.24. The molecule has 1 aromatic carbocycles. The molecule has 1 heterocycles. The third kappa shape index (κ3) is 3.34. The summed E-state index contributed by atoms with van der Waals surface area (Å²) < 4.78 is 0.745. The number of para-hydroxylation sites is 1. The van der Waals surface area contributed by atoms with Gasteiger partial charge in [0.25, 0.3) is 0 Å². The van der Waals surface area contributed by atoms with Gasteiger partial charge >= 0.3 is 11.9 Å². The highest BCUT2D eigenvalue weighted by Gasteiger charge is 2.25. The van der Waals surface area contributed by atoms with Gasteiger partial charge < -0.3 is 15.5 Å². The molecule has 2 rings (SSSR count). The van der Waals surface area contributed by atoms with Gasteiger partial charge in [0.2, 0.25) is 11.6 Å². The highest BCUT2D eigenvalue weighted by atomic mass is 16.4. The lowest BCUT2D eigenvalue weighted by molar-refractivity contribution is -0.117. The molecule has 3 N–H and O–H groups in total. The largest absolute Gasteiger partial charge is 0.476 e. The average Bonchev–Trinajstić information content (AvgIpc) is 2.87. The summed E-state index contributed by atoms with van der Waals surface area (Å²) in [6, 6.07) is 5.49. The van der Waals surface area contributed by atoms with Crippen molar-refractivity contribution in [3.8, 4) is 0 Å². The van der Waals surface area contributed by atoms with Gasteiger partial charge in [0.15, 0.2) is 5.69 Å². The molecule has 0 bridgehead atoms. The Labute approximate surface area is 130 Å². The van der Waals surface area contributed by atoms with Crippen LogP contribution in [0.4, 0.5) is 5.69 Å². The van der Waals surface area contributed by atoms with E-state index in [1.807, 2.05) is 32.0 Å². The van der Waals surface area contributed by atoms with Crippen molar-refractivity contribution in [2.45, 2.75) is 20.4 Å². The molecule has 9 heteroatoms. The summed E-state index contributed by atoms with van der Waals surface area (Å²) in [4.78, 5) is 34.2. The van der Waals surface area contributed by atoms with Crippen LogP contribution >= 0.6 is 0 Å². The van der Waals surface area contributed by atoms with E-state index in [9.17, 15) is 14.4 Å². The van der Waals surface area contributed by atoms with Crippen molar-refractivity contribution in [1.82, 2.24) is 15.0 Å². The highest BCUT2D eigenvalue weighted by molar-refractivity contribution is 5.99. The van der Waals surface area contributed by atoms with E-state index in [4.69, 9.17) is 10.2 Å². The molecule has 1 amide bonds. The van der Waals surface area contributed by atoms with Crippen molar-refractivity contribution in [2.24, 2.45) is 0 Å². The first-order valence-corrected chi connectivity index (χ1v) is 6.57. The molecule has 0 atom stereocenters. The van der Waals surface area contributed by atoms with Gasteiger partial charge in [-0.25, -0.2) is 14.3 Å². The number of carboxylic acids is 2. The number of aromatic carboxylic acids is 2. The van der Waals surface area contributed by atoms with Crippen LogP contribution < -0.4 is 5.32 Å². The van der Waals surface area contributed by atoms with E-state index in [0.29, 0.717) is 5.69 Å². The van der Waals surface area contributed by atoms with Crippen LogP contribution in [0.2, 0.25) is 0 Å². The van der Waals surface area contributed by atoms with E-state index >= 15 is 0 Å². The van der Waals surface area contributed by atoms with E-state index in [-0.39, 0.29) is 0 Å². The fourth-order valence-electron chi connectivity index (χ4n) is 2.11. The van der Waals surface area contributed by atoms with Gasteiger partial charge in [0, 0.05) is 5.69 Å². The van der Waals surface area contributed by atoms with Gasteiger partial charge in [-0.3, -0.25) is 4.79 Å². The first-order valence-electron chi connectivity index (χ1n) is 6.57. The second kappa shape index (κ2) is 6.26. The Hall–Kier alpha value is -3.23. The molecular formula is C14H14N4O5. The standard InChI is InChI=1S/C14H14N4O5/c1-7-4-3-5-8(2)10(7)15-9(19)6-18-12(14(22)23)11(13(20)21)16-17-18/h3-5H,6H2,1-2H3,(H,15,19)(H,20,21)(H,22,23). The van der Waals surface area contributed by atoms with Crippen molar-refractivity contribution in [3.05, 3.63) is 40.7 Å². The van der Waals surface area contributed by atoms with E-state index in [0.717, 1.165) is 15.8 Å². The van der Waals surface area contributed by atoms with Crippen LogP contribution in [-0.2, 0) is 11.3 Å². The van der Waals surface area contributed by atoms with Gasteiger partial charge in [0.05, 0.1) is 0 Å². The van der Waals surface area contributed by atoms with Crippen LogP contribution in [0, 0.1) is 13.8 Å².